The summed E-state index contributed by atoms with van der Waals surface area (Å²) in [4.78, 5) is 12.4. The van der Waals surface area contributed by atoms with Gasteiger partial charge < -0.3 is 4.74 Å². The third-order valence-electron chi connectivity index (χ3n) is 4.40. The number of cyclic esters (lactones) is 1. The minimum absolute atomic E-state index is 0.176. The molecule has 0 aromatic heterocycles. The molecule has 21 heavy (non-hydrogen) atoms. The number of ether oxygens (including phenoxy) is 1. The Labute approximate surface area is 124 Å². The molecule has 0 spiro atoms. The van der Waals surface area contributed by atoms with Crippen molar-refractivity contribution in [3.8, 4) is 0 Å². The van der Waals surface area contributed by atoms with Crippen LogP contribution in [-0.2, 0) is 19.4 Å². The highest BCUT2D eigenvalue weighted by Crippen LogP contribution is 2.46. The summed E-state index contributed by atoms with van der Waals surface area (Å²) in [6, 6.07) is 8.30. The monoisotopic (exact) mass is 306 g/mol. The van der Waals surface area contributed by atoms with Crippen LogP contribution in [-0.4, -0.2) is 26.2 Å². The maximum Gasteiger partial charge on any atom is 0.316 e. The van der Waals surface area contributed by atoms with Gasteiger partial charge in [-0.25, -0.2) is 8.42 Å². The SMILES string of the molecule is C[C@]12CCCC=C1C(CS(=O)(=O)c1ccccc1)OC2=O. The molecule has 1 aromatic carbocycles. The van der Waals surface area contributed by atoms with Crippen LogP contribution < -0.4 is 0 Å². The van der Waals surface area contributed by atoms with E-state index in [4.69, 9.17) is 4.74 Å². The number of benzene rings is 1. The van der Waals surface area contributed by atoms with Crippen LogP contribution >= 0.6 is 0 Å². The number of carbonyl (C=O) groups excluding carboxylic acids is 1. The molecule has 1 heterocycles. The summed E-state index contributed by atoms with van der Waals surface area (Å²) in [6.07, 6.45) is 3.89. The lowest BCUT2D eigenvalue weighted by atomic mass is 9.74. The van der Waals surface area contributed by atoms with Crippen LogP contribution in [0.1, 0.15) is 26.2 Å². The quantitative estimate of drug-likeness (QED) is 0.636. The summed E-state index contributed by atoms with van der Waals surface area (Å²) in [6.45, 7) is 1.86. The van der Waals surface area contributed by atoms with Gasteiger partial charge >= 0.3 is 5.97 Å². The van der Waals surface area contributed by atoms with E-state index >= 15 is 0 Å². The third kappa shape index (κ3) is 2.39. The van der Waals surface area contributed by atoms with Gasteiger partial charge in [0.15, 0.2) is 9.84 Å². The molecular formula is C16H18O4S. The van der Waals surface area contributed by atoms with Crippen molar-refractivity contribution in [2.75, 3.05) is 5.75 Å². The lowest BCUT2D eigenvalue weighted by Crippen LogP contribution is -2.28. The fourth-order valence-electron chi connectivity index (χ4n) is 3.16. The van der Waals surface area contributed by atoms with Gasteiger partial charge in [0.25, 0.3) is 0 Å². The van der Waals surface area contributed by atoms with E-state index in [9.17, 15) is 13.2 Å². The van der Waals surface area contributed by atoms with E-state index in [1.54, 1.807) is 30.3 Å². The van der Waals surface area contributed by atoms with Crippen molar-refractivity contribution in [2.24, 2.45) is 5.41 Å². The lowest BCUT2D eigenvalue weighted by Gasteiger charge is -2.26. The van der Waals surface area contributed by atoms with Gasteiger partial charge in [-0.1, -0.05) is 24.3 Å². The molecular weight excluding hydrogens is 288 g/mol. The molecule has 0 saturated carbocycles. The summed E-state index contributed by atoms with van der Waals surface area (Å²) in [5.41, 5.74) is 0.216. The van der Waals surface area contributed by atoms with E-state index in [0.29, 0.717) is 0 Å². The van der Waals surface area contributed by atoms with E-state index in [0.717, 1.165) is 24.8 Å². The number of allylic oxidation sites excluding steroid dienone is 1. The predicted molar refractivity (Wildman–Crippen MR) is 78.4 cm³/mol. The summed E-state index contributed by atoms with van der Waals surface area (Å²) >= 11 is 0. The zero-order valence-corrected chi connectivity index (χ0v) is 12.7. The molecule has 0 amide bonds. The Morgan fingerprint density at radius 1 is 1.29 bits per heavy atom. The number of sulfone groups is 1. The van der Waals surface area contributed by atoms with Crippen LogP contribution in [0.3, 0.4) is 0 Å². The van der Waals surface area contributed by atoms with Crippen molar-refractivity contribution < 1.29 is 17.9 Å². The first-order chi connectivity index (χ1) is 9.93. The first-order valence-corrected chi connectivity index (χ1v) is 8.78. The summed E-state index contributed by atoms with van der Waals surface area (Å²) in [5.74, 6) is -0.466. The fraction of sp³-hybridized carbons (Fsp3) is 0.438. The maximum absolute atomic E-state index is 12.5. The zero-order chi connectivity index (χ0) is 15.1. The number of rotatable bonds is 3. The molecule has 1 aliphatic heterocycles. The average molecular weight is 306 g/mol. The van der Waals surface area contributed by atoms with Gasteiger partial charge in [-0.05, 0) is 43.9 Å². The van der Waals surface area contributed by atoms with Crippen molar-refractivity contribution in [1.82, 2.24) is 0 Å². The molecule has 1 unspecified atom stereocenters. The second-order valence-electron chi connectivity index (χ2n) is 5.87. The smallest absolute Gasteiger partial charge is 0.316 e. The van der Waals surface area contributed by atoms with Crippen molar-refractivity contribution in [2.45, 2.75) is 37.2 Å². The van der Waals surface area contributed by atoms with Gasteiger partial charge in [-0.3, -0.25) is 4.79 Å². The maximum atomic E-state index is 12.5. The summed E-state index contributed by atoms with van der Waals surface area (Å²) in [7, 11) is -3.46. The first kappa shape index (κ1) is 14.3. The number of carbonyl (C=O) groups is 1. The predicted octanol–water partition coefficient (Wildman–Crippen LogP) is 2.50. The highest BCUT2D eigenvalue weighted by molar-refractivity contribution is 7.91. The second kappa shape index (κ2) is 4.98. The van der Waals surface area contributed by atoms with Crippen molar-refractivity contribution in [1.29, 1.82) is 0 Å². The topological polar surface area (TPSA) is 60.4 Å². The van der Waals surface area contributed by atoms with Crippen LogP contribution in [0.15, 0.2) is 46.9 Å². The lowest BCUT2D eigenvalue weighted by molar-refractivity contribution is -0.147. The fourth-order valence-corrected chi connectivity index (χ4v) is 4.57. The van der Waals surface area contributed by atoms with Gasteiger partial charge in [0, 0.05) is 0 Å². The molecule has 3 rings (SSSR count). The number of hydrogen-bond acceptors (Lipinski definition) is 4. The molecule has 0 radical (unpaired) electrons. The van der Waals surface area contributed by atoms with Crippen LogP contribution in [0.2, 0.25) is 0 Å². The second-order valence-corrected chi connectivity index (χ2v) is 7.91. The van der Waals surface area contributed by atoms with Crippen LogP contribution in [0.4, 0.5) is 0 Å². The Kier molecular flexibility index (Phi) is 3.40. The van der Waals surface area contributed by atoms with Crippen molar-refractivity contribution in [3.63, 3.8) is 0 Å². The Balaban J connectivity index is 1.89. The Bertz CT molecular complexity index is 690. The molecule has 5 heteroatoms. The van der Waals surface area contributed by atoms with Crippen LogP contribution in [0.25, 0.3) is 0 Å². The molecule has 4 nitrogen and oxygen atoms in total. The van der Waals surface area contributed by atoms with E-state index in [1.807, 2.05) is 13.0 Å². The Hall–Kier alpha value is -1.62. The van der Waals surface area contributed by atoms with Crippen molar-refractivity contribution in [3.05, 3.63) is 42.0 Å². The first-order valence-electron chi connectivity index (χ1n) is 7.13. The molecule has 1 fully saturated rings. The Morgan fingerprint density at radius 2 is 2.00 bits per heavy atom. The number of fused-ring (bicyclic) bond motifs is 1. The van der Waals surface area contributed by atoms with Gasteiger partial charge in [0.1, 0.15) is 6.10 Å². The molecule has 1 saturated heterocycles. The van der Waals surface area contributed by atoms with E-state index in [2.05, 4.69) is 0 Å². The van der Waals surface area contributed by atoms with Gasteiger partial charge in [-0.15, -0.1) is 0 Å². The third-order valence-corrected chi connectivity index (χ3v) is 6.13. The summed E-state index contributed by atoms with van der Waals surface area (Å²) < 4.78 is 30.3. The van der Waals surface area contributed by atoms with Gasteiger partial charge in [0.05, 0.1) is 16.1 Å². The standard InChI is InChI=1S/C16H18O4S/c1-16-10-6-5-9-13(16)14(20-15(16)17)11-21(18,19)12-7-3-2-4-8-12/h2-4,7-9,14H,5-6,10-11H2,1H3/t14?,16-/m0/s1. The molecule has 1 aromatic rings. The molecule has 0 bridgehead atoms. The van der Waals surface area contributed by atoms with Crippen LogP contribution in [0, 0.1) is 5.41 Å². The Morgan fingerprint density at radius 3 is 2.71 bits per heavy atom. The highest BCUT2D eigenvalue weighted by Gasteiger charge is 2.51. The molecule has 2 atom stereocenters. The molecule has 2 aliphatic rings. The normalized spacial score (nSPS) is 28.7. The van der Waals surface area contributed by atoms with E-state index < -0.39 is 21.4 Å². The summed E-state index contributed by atoms with van der Waals surface area (Å²) in [5, 5.41) is 0. The van der Waals surface area contributed by atoms with Crippen molar-refractivity contribution >= 4 is 15.8 Å². The molecule has 112 valence electrons. The number of hydrogen-bond donors (Lipinski definition) is 0. The molecule has 0 N–H and O–H groups in total. The zero-order valence-electron chi connectivity index (χ0n) is 11.9. The average Bonchev–Trinajstić information content (AvgIpc) is 2.71. The van der Waals surface area contributed by atoms with Crippen LogP contribution in [0.5, 0.6) is 0 Å². The minimum Gasteiger partial charge on any atom is -0.456 e. The van der Waals surface area contributed by atoms with Gasteiger partial charge in [-0.2, -0.15) is 0 Å². The molecule has 1 aliphatic carbocycles. The largest absolute Gasteiger partial charge is 0.456 e. The van der Waals surface area contributed by atoms with E-state index in [-0.39, 0.29) is 16.6 Å². The van der Waals surface area contributed by atoms with Gasteiger partial charge in [0.2, 0.25) is 0 Å². The minimum atomic E-state index is -3.46. The highest BCUT2D eigenvalue weighted by atomic mass is 32.2. The number of esters is 1. The van der Waals surface area contributed by atoms with E-state index in [1.165, 1.54) is 0 Å².